The topological polar surface area (TPSA) is 50.2 Å². The zero-order valence-corrected chi connectivity index (χ0v) is 11.2. The van der Waals surface area contributed by atoms with E-state index in [0.717, 1.165) is 13.1 Å². The van der Waals surface area contributed by atoms with Crippen LogP contribution in [0.15, 0.2) is 12.4 Å². The van der Waals surface area contributed by atoms with E-state index >= 15 is 0 Å². The second kappa shape index (κ2) is 6.00. The fraction of sp³-hybridized carbons (Fsp3) is 0.692. The largest absolute Gasteiger partial charge is 0.352 e. The Labute approximate surface area is 108 Å². The number of likely N-dealkylation sites (tertiary alicyclic amines) is 1. The fourth-order valence-electron chi connectivity index (χ4n) is 2.38. The summed E-state index contributed by atoms with van der Waals surface area (Å²) in [6.45, 7) is 6.40. The first kappa shape index (κ1) is 13.1. The Morgan fingerprint density at radius 3 is 2.83 bits per heavy atom. The van der Waals surface area contributed by atoms with Crippen LogP contribution in [0.3, 0.4) is 0 Å². The van der Waals surface area contributed by atoms with Crippen molar-refractivity contribution >= 4 is 5.91 Å². The highest BCUT2D eigenvalue weighted by Crippen LogP contribution is 2.09. The average molecular weight is 250 g/mol. The molecule has 2 rings (SSSR count). The van der Waals surface area contributed by atoms with Gasteiger partial charge >= 0.3 is 0 Å². The lowest BCUT2D eigenvalue weighted by Gasteiger charge is -2.20. The summed E-state index contributed by atoms with van der Waals surface area (Å²) in [6, 6.07) is 0. The third-order valence-electron chi connectivity index (χ3n) is 3.35. The molecule has 1 fully saturated rings. The average Bonchev–Trinajstić information content (AvgIpc) is 2.97. The molecule has 5 heteroatoms. The predicted molar refractivity (Wildman–Crippen MR) is 70.4 cm³/mol. The van der Waals surface area contributed by atoms with Gasteiger partial charge in [0.05, 0.1) is 11.8 Å². The molecule has 1 aliphatic heterocycles. The van der Waals surface area contributed by atoms with Crippen LogP contribution in [0.4, 0.5) is 0 Å². The monoisotopic (exact) mass is 250 g/mol. The van der Waals surface area contributed by atoms with Crippen molar-refractivity contribution in [2.75, 3.05) is 26.2 Å². The molecule has 1 amide bonds. The van der Waals surface area contributed by atoms with Crippen LogP contribution in [-0.2, 0) is 7.05 Å². The summed E-state index contributed by atoms with van der Waals surface area (Å²) in [5.74, 6) is 0.458. The van der Waals surface area contributed by atoms with E-state index < -0.39 is 0 Å². The minimum atomic E-state index is -0.0311. The number of hydrogen-bond donors (Lipinski definition) is 1. The molecular formula is C13H22N4O. The number of hydrogen-bond acceptors (Lipinski definition) is 3. The standard InChI is InChI=1S/C13H22N4O/c1-11(9-17-5-3-4-6-17)7-14-13(18)12-8-15-16(2)10-12/h8,10-11H,3-7,9H2,1-2H3,(H,14,18)/t11-/m0/s1. The Bertz CT molecular complexity index is 395. The molecule has 5 nitrogen and oxygen atoms in total. The van der Waals surface area contributed by atoms with Gasteiger partial charge in [-0.25, -0.2) is 0 Å². The Kier molecular flexibility index (Phi) is 4.36. The zero-order valence-electron chi connectivity index (χ0n) is 11.2. The SMILES string of the molecule is C[C@@H](CNC(=O)c1cnn(C)c1)CN1CCCC1. The highest BCUT2D eigenvalue weighted by Gasteiger charge is 2.15. The molecule has 0 aliphatic carbocycles. The van der Waals surface area contributed by atoms with Gasteiger partial charge in [-0.1, -0.05) is 6.92 Å². The van der Waals surface area contributed by atoms with Gasteiger partial charge in [0.2, 0.25) is 0 Å². The minimum Gasteiger partial charge on any atom is -0.352 e. The Morgan fingerprint density at radius 2 is 2.22 bits per heavy atom. The maximum Gasteiger partial charge on any atom is 0.254 e. The van der Waals surface area contributed by atoms with Crippen LogP contribution in [0.25, 0.3) is 0 Å². The van der Waals surface area contributed by atoms with Gasteiger partial charge in [-0.3, -0.25) is 9.48 Å². The lowest BCUT2D eigenvalue weighted by Crippen LogP contribution is -2.34. The van der Waals surface area contributed by atoms with Crippen molar-refractivity contribution in [3.05, 3.63) is 18.0 Å². The van der Waals surface area contributed by atoms with Crippen molar-refractivity contribution < 1.29 is 4.79 Å². The maximum absolute atomic E-state index is 11.8. The Hall–Kier alpha value is -1.36. The second-order valence-corrected chi connectivity index (χ2v) is 5.23. The normalized spacial score (nSPS) is 17.9. The van der Waals surface area contributed by atoms with E-state index in [-0.39, 0.29) is 5.91 Å². The molecule has 100 valence electrons. The second-order valence-electron chi connectivity index (χ2n) is 5.23. The van der Waals surface area contributed by atoms with Gasteiger partial charge in [0.15, 0.2) is 0 Å². The summed E-state index contributed by atoms with van der Waals surface area (Å²) in [7, 11) is 1.81. The van der Waals surface area contributed by atoms with Gasteiger partial charge < -0.3 is 10.2 Å². The number of amides is 1. The summed E-state index contributed by atoms with van der Waals surface area (Å²) in [5.41, 5.74) is 0.630. The minimum absolute atomic E-state index is 0.0311. The van der Waals surface area contributed by atoms with Gasteiger partial charge in [0, 0.05) is 26.3 Å². The number of nitrogens with one attached hydrogen (secondary N) is 1. The van der Waals surface area contributed by atoms with Crippen molar-refractivity contribution in [3.8, 4) is 0 Å². The van der Waals surface area contributed by atoms with Gasteiger partial charge in [0.25, 0.3) is 5.91 Å². The quantitative estimate of drug-likeness (QED) is 0.844. The van der Waals surface area contributed by atoms with Crippen molar-refractivity contribution in [1.82, 2.24) is 20.0 Å². The van der Waals surface area contributed by atoms with Crippen molar-refractivity contribution in [3.63, 3.8) is 0 Å². The van der Waals surface area contributed by atoms with E-state index in [1.54, 1.807) is 17.1 Å². The van der Waals surface area contributed by atoms with Gasteiger partial charge in [-0.2, -0.15) is 5.10 Å². The van der Waals surface area contributed by atoms with Gasteiger partial charge in [-0.05, 0) is 31.8 Å². The molecule has 1 N–H and O–H groups in total. The van der Waals surface area contributed by atoms with E-state index in [0.29, 0.717) is 11.5 Å². The predicted octanol–water partition coefficient (Wildman–Crippen LogP) is 0.882. The zero-order chi connectivity index (χ0) is 13.0. The third-order valence-corrected chi connectivity index (χ3v) is 3.35. The highest BCUT2D eigenvalue weighted by molar-refractivity contribution is 5.93. The van der Waals surface area contributed by atoms with Crippen molar-refractivity contribution in [2.45, 2.75) is 19.8 Å². The number of aryl methyl sites for hydroxylation is 1. The molecule has 1 aromatic rings. The lowest BCUT2D eigenvalue weighted by atomic mass is 10.1. The molecule has 2 heterocycles. The van der Waals surface area contributed by atoms with Crippen molar-refractivity contribution in [1.29, 1.82) is 0 Å². The van der Waals surface area contributed by atoms with E-state index in [1.165, 1.54) is 25.9 Å². The highest BCUT2D eigenvalue weighted by atomic mass is 16.1. The molecule has 0 radical (unpaired) electrons. The molecule has 18 heavy (non-hydrogen) atoms. The van der Waals surface area contributed by atoms with Crippen LogP contribution >= 0.6 is 0 Å². The molecular weight excluding hydrogens is 228 g/mol. The molecule has 0 bridgehead atoms. The van der Waals surface area contributed by atoms with Crippen LogP contribution in [0, 0.1) is 5.92 Å². The molecule has 1 saturated heterocycles. The molecule has 1 atom stereocenters. The Balaban J connectivity index is 1.71. The molecule has 1 aliphatic rings. The molecule has 0 spiro atoms. The summed E-state index contributed by atoms with van der Waals surface area (Å²) < 4.78 is 1.64. The summed E-state index contributed by atoms with van der Waals surface area (Å²) >= 11 is 0. The smallest absolute Gasteiger partial charge is 0.254 e. The van der Waals surface area contributed by atoms with Crippen LogP contribution < -0.4 is 5.32 Å². The van der Waals surface area contributed by atoms with Crippen LogP contribution in [0.2, 0.25) is 0 Å². The van der Waals surface area contributed by atoms with Crippen LogP contribution in [-0.4, -0.2) is 46.8 Å². The molecule has 0 saturated carbocycles. The summed E-state index contributed by atoms with van der Waals surface area (Å²) in [6.07, 6.45) is 5.96. The first-order chi connectivity index (χ1) is 8.65. The van der Waals surface area contributed by atoms with E-state index in [9.17, 15) is 4.79 Å². The van der Waals surface area contributed by atoms with E-state index in [1.807, 2.05) is 7.05 Å². The number of aromatic nitrogens is 2. The van der Waals surface area contributed by atoms with Crippen LogP contribution in [0.5, 0.6) is 0 Å². The fourth-order valence-corrected chi connectivity index (χ4v) is 2.38. The number of carbonyl (C=O) groups excluding carboxylic acids is 1. The first-order valence-electron chi connectivity index (χ1n) is 6.64. The summed E-state index contributed by atoms with van der Waals surface area (Å²) in [4.78, 5) is 14.3. The van der Waals surface area contributed by atoms with Crippen molar-refractivity contribution in [2.24, 2.45) is 13.0 Å². The number of carbonyl (C=O) groups is 1. The number of rotatable bonds is 5. The maximum atomic E-state index is 11.8. The van der Waals surface area contributed by atoms with E-state index in [4.69, 9.17) is 0 Å². The van der Waals surface area contributed by atoms with Gasteiger partial charge in [-0.15, -0.1) is 0 Å². The van der Waals surface area contributed by atoms with Gasteiger partial charge in [0.1, 0.15) is 0 Å². The third kappa shape index (κ3) is 3.57. The molecule has 0 unspecified atom stereocenters. The summed E-state index contributed by atoms with van der Waals surface area (Å²) in [5, 5.41) is 6.96. The molecule has 1 aromatic heterocycles. The molecule has 0 aromatic carbocycles. The Morgan fingerprint density at radius 1 is 1.50 bits per heavy atom. The first-order valence-corrected chi connectivity index (χ1v) is 6.64. The van der Waals surface area contributed by atoms with Crippen LogP contribution in [0.1, 0.15) is 30.1 Å². The van der Waals surface area contributed by atoms with E-state index in [2.05, 4.69) is 22.2 Å². The number of nitrogens with zero attached hydrogens (tertiary/aromatic N) is 3. The lowest BCUT2D eigenvalue weighted by molar-refractivity contribution is 0.0945.